The third-order valence-electron chi connectivity index (χ3n) is 3.19. The van der Waals surface area contributed by atoms with Gasteiger partial charge < -0.3 is 5.32 Å². The van der Waals surface area contributed by atoms with Crippen LogP contribution in [0.15, 0.2) is 53.6 Å². The lowest BCUT2D eigenvalue weighted by Crippen LogP contribution is -2.20. The molecule has 2 rings (SSSR count). The fourth-order valence-corrected chi connectivity index (χ4v) is 2.06. The van der Waals surface area contributed by atoms with Gasteiger partial charge in [0.2, 0.25) is 11.8 Å². The van der Waals surface area contributed by atoms with Gasteiger partial charge in [0.15, 0.2) is 0 Å². The number of halogens is 1. The Balaban J connectivity index is 1.76. The number of hydrogen-bond donors (Lipinski definition) is 2. The molecule has 0 aliphatic rings. The molecule has 0 bridgehead atoms. The van der Waals surface area contributed by atoms with Crippen molar-refractivity contribution in [1.82, 2.24) is 5.43 Å². The second-order valence-corrected chi connectivity index (χ2v) is 5.64. The summed E-state index contributed by atoms with van der Waals surface area (Å²) in [6, 6.07) is 12.4. The second-order valence-electron chi connectivity index (χ2n) is 5.20. The predicted molar refractivity (Wildman–Crippen MR) is 98.1 cm³/mol. The molecule has 2 aromatic rings. The number of carbonyl (C=O) groups is 2. The molecule has 0 saturated carbocycles. The Hall–Kier alpha value is -3.26. The fourth-order valence-electron chi connectivity index (χ4n) is 1.94. The van der Waals surface area contributed by atoms with E-state index in [1.54, 1.807) is 30.3 Å². The third-order valence-corrected chi connectivity index (χ3v) is 3.44. The van der Waals surface area contributed by atoms with Crippen LogP contribution in [0.5, 0.6) is 0 Å². The van der Waals surface area contributed by atoms with Crippen LogP contribution in [0, 0.1) is 10.1 Å². The molecular formula is C17H15ClN4O4. The normalized spacial score (nSPS) is 10.5. The van der Waals surface area contributed by atoms with Crippen molar-refractivity contribution in [1.29, 1.82) is 0 Å². The number of benzene rings is 2. The van der Waals surface area contributed by atoms with Crippen molar-refractivity contribution in [2.45, 2.75) is 12.8 Å². The Labute approximate surface area is 154 Å². The van der Waals surface area contributed by atoms with E-state index in [0.717, 1.165) is 0 Å². The minimum absolute atomic E-state index is 0.0131. The summed E-state index contributed by atoms with van der Waals surface area (Å²) in [5.41, 5.74) is 3.26. The Morgan fingerprint density at radius 2 is 1.81 bits per heavy atom. The van der Waals surface area contributed by atoms with E-state index < -0.39 is 10.8 Å². The molecule has 2 amide bonds. The predicted octanol–water partition coefficient (Wildman–Crippen LogP) is 3.12. The zero-order chi connectivity index (χ0) is 18.9. The topological polar surface area (TPSA) is 114 Å². The summed E-state index contributed by atoms with van der Waals surface area (Å²) in [6.45, 7) is 0. The van der Waals surface area contributed by atoms with Crippen molar-refractivity contribution in [2.24, 2.45) is 5.10 Å². The third kappa shape index (κ3) is 6.33. The van der Waals surface area contributed by atoms with Gasteiger partial charge in [-0.15, -0.1) is 0 Å². The van der Waals surface area contributed by atoms with E-state index in [9.17, 15) is 19.7 Å². The fraction of sp³-hybridized carbons (Fsp3) is 0.118. The number of nitro benzene ring substituents is 1. The van der Waals surface area contributed by atoms with Crippen LogP contribution in [0.25, 0.3) is 0 Å². The van der Waals surface area contributed by atoms with E-state index in [4.69, 9.17) is 11.6 Å². The van der Waals surface area contributed by atoms with Crippen LogP contribution >= 0.6 is 11.6 Å². The smallest absolute Gasteiger partial charge is 0.270 e. The summed E-state index contributed by atoms with van der Waals surface area (Å²) < 4.78 is 0. The van der Waals surface area contributed by atoms with Crippen LogP contribution in [0.4, 0.5) is 11.4 Å². The summed E-state index contributed by atoms with van der Waals surface area (Å²) in [6.07, 6.45) is 1.23. The molecule has 0 aliphatic carbocycles. The molecule has 0 spiro atoms. The lowest BCUT2D eigenvalue weighted by Gasteiger charge is -2.04. The minimum atomic E-state index is -0.519. The van der Waals surface area contributed by atoms with Crippen LogP contribution in [0.2, 0.25) is 5.02 Å². The Bertz CT molecular complexity index is 837. The van der Waals surface area contributed by atoms with E-state index in [-0.39, 0.29) is 24.4 Å². The van der Waals surface area contributed by atoms with E-state index in [2.05, 4.69) is 15.8 Å². The summed E-state index contributed by atoms with van der Waals surface area (Å²) in [5, 5.41) is 17.6. The second kappa shape index (κ2) is 9.28. The number of hydrogen-bond acceptors (Lipinski definition) is 5. The zero-order valence-electron chi connectivity index (χ0n) is 13.5. The van der Waals surface area contributed by atoms with Gasteiger partial charge in [0, 0.05) is 41.2 Å². The van der Waals surface area contributed by atoms with Gasteiger partial charge in [0.25, 0.3) is 5.69 Å². The number of nitro groups is 1. The van der Waals surface area contributed by atoms with Crippen molar-refractivity contribution in [3.63, 3.8) is 0 Å². The van der Waals surface area contributed by atoms with E-state index in [0.29, 0.717) is 16.3 Å². The lowest BCUT2D eigenvalue weighted by atomic mass is 10.2. The molecule has 2 N–H and O–H groups in total. The first-order valence-electron chi connectivity index (χ1n) is 7.56. The highest BCUT2D eigenvalue weighted by Crippen LogP contribution is 2.14. The van der Waals surface area contributed by atoms with Crippen molar-refractivity contribution in [3.8, 4) is 0 Å². The van der Waals surface area contributed by atoms with Crippen LogP contribution in [0.1, 0.15) is 18.4 Å². The first-order chi connectivity index (χ1) is 12.4. The molecule has 0 radical (unpaired) electrons. The number of nitrogens with zero attached hydrogens (tertiary/aromatic N) is 2. The first kappa shape index (κ1) is 19.1. The summed E-state index contributed by atoms with van der Waals surface area (Å²) >= 11 is 5.76. The lowest BCUT2D eigenvalue weighted by molar-refractivity contribution is -0.384. The highest BCUT2D eigenvalue weighted by Gasteiger charge is 2.07. The largest absolute Gasteiger partial charge is 0.326 e. The molecule has 134 valence electrons. The highest BCUT2D eigenvalue weighted by atomic mass is 35.5. The van der Waals surface area contributed by atoms with Crippen LogP contribution in [-0.4, -0.2) is 23.0 Å². The zero-order valence-corrected chi connectivity index (χ0v) is 14.3. The molecular weight excluding hydrogens is 360 g/mol. The number of nitrogens with one attached hydrogen (secondary N) is 2. The standard InChI is InChI=1S/C17H15ClN4O4/c18-13-4-6-14(7-5-13)20-16(23)8-9-17(24)21-19-11-12-2-1-3-15(10-12)22(25)26/h1-7,10-11H,8-9H2,(H,20,23)(H,21,24)/b19-11+. The van der Waals surface area contributed by atoms with Crippen molar-refractivity contribution >= 4 is 41.0 Å². The molecule has 0 saturated heterocycles. The van der Waals surface area contributed by atoms with Gasteiger partial charge in [-0.25, -0.2) is 5.43 Å². The summed E-state index contributed by atoms with van der Waals surface area (Å²) in [5.74, 6) is -0.761. The Morgan fingerprint density at radius 1 is 1.12 bits per heavy atom. The number of rotatable bonds is 7. The van der Waals surface area contributed by atoms with E-state index in [1.807, 2.05) is 0 Å². The molecule has 0 aliphatic heterocycles. The number of non-ortho nitro benzene ring substituents is 1. The number of amides is 2. The maximum absolute atomic E-state index is 11.8. The first-order valence-corrected chi connectivity index (χ1v) is 7.93. The van der Waals surface area contributed by atoms with Crippen LogP contribution < -0.4 is 10.7 Å². The van der Waals surface area contributed by atoms with Gasteiger partial charge >= 0.3 is 0 Å². The summed E-state index contributed by atoms with van der Waals surface area (Å²) in [7, 11) is 0. The maximum Gasteiger partial charge on any atom is 0.270 e. The SMILES string of the molecule is O=C(CCC(=O)Nc1ccc(Cl)cc1)N/N=C/c1cccc([N+](=O)[O-])c1. The van der Waals surface area contributed by atoms with Gasteiger partial charge in [-0.1, -0.05) is 23.7 Å². The molecule has 2 aromatic carbocycles. The average molecular weight is 375 g/mol. The Morgan fingerprint density at radius 3 is 2.50 bits per heavy atom. The van der Waals surface area contributed by atoms with E-state index in [1.165, 1.54) is 24.4 Å². The van der Waals surface area contributed by atoms with Crippen LogP contribution in [-0.2, 0) is 9.59 Å². The number of hydrazone groups is 1. The summed E-state index contributed by atoms with van der Waals surface area (Å²) in [4.78, 5) is 33.6. The van der Waals surface area contributed by atoms with Crippen molar-refractivity contribution in [2.75, 3.05) is 5.32 Å². The average Bonchev–Trinajstić information content (AvgIpc) is 2.62. The van der Waals surface area contributed by atoms with Gasteiger partial charge in [0.05, 0.1) is 11.1 Å². The van der Waals surface area contributed by atoms with Gasteiger partial charge in [-0.3, -0.25) is 19.7 Å². The van der Waals surface area contributed by atoms with Crippen LogP contribution in [0.3, 0.4) is 0 Å². The molecule has 0 fully saturated rings. The number of carbonyl (C=O) groups excluding carboxylic acids is 2. The van der Waals surface area contributed by atoms with Gasteiger partial charge in [-0.2, -0.15) is 5.10 Å². The highest BCUT2D eigenvalue weighted by molar-refractivity contribution is 6.30. The molecule has 9 heteroatoms. The molecule has 0 heterocycles. The molecule has 0 aromatic heterocycles. The quantitative estimate of drug-likeness (QED) is 0.440. The minimum Gasteiger partial charge on any atom is -0.326 e. The van der Waals surface area contributed by atoms with Crippen molar-refractivity contribution < 1.29 is 14.5 Å². The molecule has 8 nitrogen and oxygen atoms in total. The maximum atomic E-state index is 11.8. The van der Waals surface area contributed by atoms with Crippen molar-refractivity contribution in [3.05, 3.63) is 69.2 Å². The Kier molecular flexibility index (Phi) is 6.81. The monoisotopic (exact) mass is 374 g/mol. The van der Waals surface area contributed by atoms with Gasteiger partial charge in [-0.05, 0) is 24.3 Å². The number of anilines is 1. The molecule has 0 atom stereocenters. The van der Waals surface area contributed by atoms with E-state index >= 15 is 0 Å². The van der Waals surface area contributed by atoms with Gasteiger partial charge in [0.1, 0.15) is 0 Å². The molecule has 0 unspecified atom stereocenters. The molecule has 26 heavy (non-hydrogen) atoms.